The number of hydrogen-bond donors (Lipinski definition) is 0. The number of amides is 1. The van der Waals surface area contributed by atoms with Gasteiger partial charge in [0.05, 0.1) is 5.75 Å². The van der Waals surface area contributed by atoms with Crippen molar-refractivity contribution in [2.45, 2.75) is 13.0 Å². The summed E-state index contributed by atoms with van der Waals surface area (Å²) in [6.07, 6.45) is 0.225. The average molecular weight is 378 g/mol. The molecule has 1 saturated heterocycles. The van der Waals surface area contributed by atoms with Crippen molar-refractivity contribution < 1.29 is 17.6 Å². The smallest absolute Gasteiger partial charge is 0.232 e. The molecule has 1 aliphatic heterocycles. The van der Waals surface area contributed by atoms with E-state index in [2.05, 4.69) is 0 Å². The molecule has 2 aromatic carbocycles. The Kier molecular flexibility index (Phi) is 3.96. The van der Waals surface area contributed by atoms with Crippen LogP contribution in [0.25, 0.3) is 21.9 Å². The molecule has 0 aliphatic carbocycles. The van der Waals surface area contributed by atoms with Crippen LogP contribution in [0.2, 0.25) is 0 Å². The zero-order chi connectivity index (χ0) is 17.6. The van der Waals surface area contributed by atoms with Gasteiger partial charge in [-0.1, -0.05) is 24.3 Å². The molecule has 3 aromatic rings. The lowest BCUT2D eigenvalue weighted by molar-refractivity contribution is -0.128. The highest BCUT2D eigenvalue weighted by Crippen LogP contribution is 2.30. The van der Waals surface area contributed by atoms with Gasteiger partial charge in [-0.15, -0.1) is 0 Å². The van der Waals surface area contributed by atoms with E-state index in [9.17, 15) is 13.2 Å². The lowest BCUT2D eigenvalue weighted by atomic mass is 10.1. The molecule has 1 aromatic heterocycles. The van der Waals surface area contributed by atoms with Gasteiger partial charge < -0.3 is 9.32 Å². The first kappa shape index (κ1) is 16.4. The van der Waals surface area contributed by atoms with Crippen LogP contribution in [0.4, 0.5) is 0 Å². The maximum atomic E-state index is 12.2. The lowest BCUT2D eigenvalue weighted by Crippen LogP contribution is -2.25. The van der Waals surface area contributed by atoms with Gasteiger partial charge in [0.15, 0.2) is 0 Å². The number of hydrogen-bond acceptors (Lipinski definition) is 4. The minimum absolute atomic E-state index is 0.0394. The third kappa shape index (κ3) is 3.37. The first-order valence-electron chi connectivity index (χ1n) is 7.99. The molecular formula is C18H16ClNO4S. The van der Waals surface area contributed by atoms with Gasteiger partial charge in [-0.05, 0) is 23.8 Å². The Labute approximate surface area is 149 Å². The summed E-state index contributed by atoms with van der Waals surface area (Å²) in [7, 11) is 1.72. The first-order valence-corrected chi connectivity index (χ1v) is 10.5. The highest BCUT2D eigenvalue weighted by Gasteiger charge is 2.32. The molecule has 0 spiro atoms. The molecule has 5 nitrogen and oxygen atoms in total. The van der Waals surface area contributed by atoms with Crippen molar-refractivity contribution in [3.63, 3.8) is 0 Å². The van der Waals surface area contributed by atoms with E-state index in [0.717, 1.165) is 27.5 Å². The fourth-order valence-electron chi connectivity index (χ4n) is 3.49. The summed E-state index contributed by atoms with van der Waals surface area (Å²) in [6, 6.07) is 13.7. The molecule has 1 aliphatic rings. The van der Waals surface area contributed by atoms with Gasteiger partial charge in [-0.3, -0.25) is 4.79 Å². The third-order valence-electron chi connectivity index (χ3n) is 4.54. The molecule has 2 heterocycles. The second kappa shape index (κ2) is 6.04. The van der Waals surface area contributed by atoms with E-state index in [-0.39, 0.29) is 24.0 Å². The number of rotatable bonds is 4. The summed E-state index contributed by atoms with van der Waals surface area (Å²) in [6.45, 7) is 0.863. The Bertz CT molecular complexity index is 1070. The zero-order valence-electron chi connectivity index (χ0n) is 13.3. The molecule has 0 N–H and O–H groups in total. The van der Waals surface area contributed by atoms with E-state index >= 15 is 0 Å². The molecule has 1 amide bonds. The van der Waals surface area contributed by atoms with Gasteiger partial charge in [-0.2, -0.15) is 0 Å². The van der Waals surface area contributed by atoms with Gasteiger partial charge in [0.25, 0.3) is 0 Å². The van der Waals surface area contributed by atoms with Crippen molar-refractivity contribution >= 4 is 47.6 Å². The van der Waals surface area contributed by atoms with E-state index in [1.807, 2.05) is 42.5 Å². The topological polar surface area (TPSA) is 67.6 Å². The Hall–Kier alpha value is -2.05. The van der Waals surface area contributed by atoms with Crippen LogP contribution in [0.15, 0.2) is 46.9 Å². The Morgan fingerprint density at radius 2 is 1.88 bits per heavy atom. The molecule has 1 atom stereocenters. The maximum absolute atomic E-state index is 12.2. The molecular weight excluding hydrogens is 362 g/mol. The number of benzene rings is 2. The van der Waals surface area contributed by atoms with Crippen molar-refractivity contribution in [1.82, 2.24) is 4.90 Å². The van der Waals surface area contributed by atoms with E-state index < -0.39 is 9.05 Å². The standard InChI is InChI=1S/C18H16ClNO4S/c19-25(22,23)11-13-8-18(21)20(10-13)9-12-5-6-17-15(7-12)14-3-1-2-4-16(14)24-17/h1-7,13H,8-11H2. The van der Waals surface area contributed by atoms with Gasteiger partial charge in [-0.25, -0.2) is 8.42 Å². The largest absolute Gasteiger partial charge is 0.456 e. The summed E-state index contributed by atoms with van der Waals surface area (Å²) in [4.78, 5) is 13.9. The zero-order valence-corrected chi connectivity index (χ0v) is 14.9. The SMILES string of the molecule is O=C1CC(CS(=O)(=O)Cl)CN1Cc1ccc2oc3ccccc3c2c1. The maximum Gasteiger partial charge on any atom is 0.232 e. The van der Waals surface area contributed by atoms with E-state index in [4.69, 9.17) is 15.1 Å². The molecule has 1 fully saturated rings. The van der Waals surface area contributed by atoms with Crippen LogP contribution in [0, 0.1) is 5.92 Å². The minimum Gasteiger partial charge on any atom is -0.456 e. The van der Waals surface area contributed by atoms with Crippen molar-refractivity contribution in [2.75, 3.05) is 12.3 Å². The number of para-hydroxylation sites is 1. The highest BCUT2D eigenvalue weighted by atomic mass is 35.7. The quantitative estimate of drug-likeness (QED) is 0.652. The van der Waals surface area contributed by atoms with Crippen LogP contribution in [-0.2, 0) is 20.4 Å². The molecule has 4 rings (SSSR count). The number of carbonyl (C=O) groups excluding carboxylic acids is 1. The Balaban J connectivity index is 1.58. The van der Waals surface area contributed by atoms with Crippen molar-refractivity contribution in [1.29, 1.82) is 0 Å². The van der Waals surface area contributed by atoms with Crippen molar-refractivity contribution in [3.05, 3.63) is 48.0 Å². The minimum atomic E-state index is -3.59. The van der Waals surface area contributed by atoms with Crippen LogP contribution in [0.3, 0.4) is 0 Å². The summed E-state index contributed by atoms with van der Waals surface area (Å²) < 4.78 is 28.3. The highest BCUT2D eigenvalue weighted by molar-refractivity contribution is 8.13. The average Bonchev–Trinajstić information content (AvgIpc) is 3.06. The molecule has 0 radical (unpaired) electrons. The summed E-state index contributed by atoms with van der Waals surface area (Å²) in [5, 5.41) is 2.05. The molecule has 1 unspecified atom stereocenters. The van der Waals surface area contributed by atoms with Crippen LogP contribution in [0.5, 0.6) is 0 Å². The fraction of sp³-hybridized carbons (Fsp3) is 0.278. The Morgan fingerprint density at radius 1 is 1.12 bits per heavy atom. The van der Waals surface area contributed by atoms with Crippen LogP contribution < -0.4 is 0 Å². The van der Waals surface area contributed by atoms with E-state index in [0.29, 0.717) is 13.1 Å². The van der Waals surface area contributed by atoms with Gasteiger partial charge in [0, 0.05) is 46.9 Å². The number of halogens is 1. The number of fused-ring (bicyclic) bond motifs is 3. The molecule has 7 heteroatoms. The fourth-order valence-corrected chi connectivity index (χ4v) is 4.81. The number of furan rings is 1. The number of carbonyl (C=O) groups is 1. The van der Waals surface area contributed by atoms with Crippen LogP contribution in [0.1, 0.15) is 12.0 Å². The van der Waals surface area contributed by atoms with Gasteiger partial charge >= 0.3 is 0 Å². The molecule has 0 saturated carbocycles. The molecule has 130 valence electrons. The lowest BCUT2D eigenvalue weighted by Gasteiger charge is -2.16. The predicted molar refractivity (Wildman–Crippen MR) is 96.9 cm³/mol. The predicted octanol–water partition coefficient (Wildman–Crippen LogP) is 3.50. The van der Waals surface area contributed by atoms with Crippen molar-refractivity contribution in [2.24, 2.45) is 5.92 Å². The summed E-state index contributed by atoms with van der Waals surface area (Å²) in [5.41, 5.74) is 2.63. The normalized spacial score (nSPS) is 18.5. The van der Waals surface area contributed by atoms with Crippen LogP contribution >= 0.6 is 10.7 Å². The van der Waals surface area contributed by atoms with Gasteiger partial charge in [0.1, 0.15) is 11.2 Å². The van der Waals surface area contributed by atoms with E-state index in [1.54, 1.807) is 4.90 Å². The summed E-state index contributed by atoms with van der Waals surface area (Å²) in [5.74, 6) is -0.446. The van der Waals surface area contributed by atoms with Crippen molar-refractivity contribution in [3.8, 4) is 0 Å². The third-order valence-corrected chi connectivity index (χ3v) is 5.79. The Morgan fingerprint density at radius 3 is 2.68 bits per heavy atom. The molecule has 0 bridgehead atoms. The monoisotopic (exact) mass is 377 g/mol. The summed E-state index contributed by atoms with van der Waals surface area (Å²) >= 11 is 0. The van der Waals surface area contributed by atoms with Crippen LogP contribution in [-0.4, -0.2) is 31.5 Å². The number of likely N-dealkylation sites (tertiary alicyclic amines) is 1. The second-order valence-corrected chi connectivity index (χ2v) is 9.30. The van der Waals surface area contributed by atoms with Gasteiger partial charge in [0.2, 0.25) is 15.0 Å². The second-order valence-electron chi connectivity index (χ2n) is 6.48. The molecule has 25 heavy (non-hydrogen) atoms. The first-order chi connectivity index (χ1) is 11.9. The van der Waals surface area contributed by atoms with E-state index in [1.165, 1.54) is 0 Å². The number of nitrogens with zero attached hydrogens (tertiary/aromatic N) is 1.